The molecule has 4 aromatic rings. The average Bonchev–Trinajstić information content (AvgIpc) is 3.59. The third-order valence-electron chi connectivity index (χ3n) is 8.49. The lowest BCUT2D eigenvalue weighted by Gasteiger charge is -2.26. The fourth-order valence-corrected chi connectivity index (χ4v) is 5.88. The van der Waals surface area contributed by atoms with Crippen LogP contribution in [-0.4, -0.2) is 52.5 Å². The second-order valence-electron chi connectivity index (χ2n) is 12.0. The van der Waals surface area contributed by atoms with E-state index in [1.54, 1.807) is 24.0 Å². The van der Waals surface area contributed by atoms with Gasteiger partial charge in [-0.3, -0.25) is 19.4 Å². The molecule has 3 amide bonds. The molecule has 4 heterocycles. The Morgan fingerprint density at radius 3 is 2.67 bits per heavy atom. The second-order valence-corrected chi connectivity index (χ2v) is 12.4. The zero-order valence-electron chi connectivity index (χ0n) is 24.9. The number of fused-ring (bicyclic) bond motifs is 2. The largest absolute Gasteiger partial charge is 0.489 e. The number of carbonyl (C=O) groups excluding carboxylic acids is 3. The first-order valence-electron chi connectivity index (χ1n) is 14.4. The molecule has 0 saturated carbocycles. The summed E-state index contributed by atoms with van der Waals surface area (Å²) < 4.78 is 19.9. The molecule has 232 valence electrons. The van der Waals surface area contributed by atoms with Gasteiger partial charge in [-0.1, -0.05) is 17.7 Å². The number of hydrogen-bond donors (Lipinski definition) is 3. The van der Waals surface area contributed by atoms with Gasteiger partial charge in [0.25, 0.3) is 5.91 Å². The minimum Gasteiger partial charge on any atom is -0.489 e. The number of amides is 3. The van der Waals surface area contributed by atoms with Crippen LogP contribution in [0.5, 0.6) is 5.75 Å². The van der Waals surface area contributed by atoms with Gasteiger partial charge in [0.1, 0.15) is 34.9 Å². The molecule has 2 atom stereocenters. The summed E-state index contributed by atoms with van der Waals surface area (Å²) in [4.78, 5) is 49.6. The van der Waals surface area contributed by atoms with Crippen molar-refractivity contribution in [3.05, 3.63) is 81.9 Å². The van der Waals surface area contributed by atoms with Gasteiger partial charge in [-0.15, -0.1) is 0 Å². The monoisotopic (exact) mass is 631 g/mol. The highest BCUT2D eigenvalue weighted by Crippen LogP contribution is 2.46. The van der Waals surface area contributed by atoms with E-state index in [0.717, 1.165) is 5.69 Å². The van der Waals surface area contributed by atoms with E-state index in [2.05, 4.69) is 15.3 Å². The maximum Gasteiger partial charge on any atom is 0.251 e. The second kappa shape index (κ2) is 11.1. The van der Waals surface area contributed by atoms with Gasteiger partial charge in [0.05, 0.1) is 28.5 Å². The number of halogens is 2. The van der Waals surface area contributed by atoms with Crippen LogP contribution in [0, 0.1) is 12.7 Å². The molecular formula is C33H31ClFN5O5. The van der Waals surface area contributed by atoms with Crippen LogP contribution in [0.4, 0.5) is 10.1 Å². The zero-order chi connectivity index (χ0) is 32.3. The van der Waals surface area contributed by atoms with E-state index in [9.17, 15) is 23.9 Å². The van der Waals surface area contributed by atoms with Crippen LogP contribution >= 0.6 is 11.6 Å². The fraction of sp³-hybridized carbons (Fsp3) is 0.303. The zero-order valence-corrected chi connectivity index (χ0v) is 25.7. The molecule has 6 rings (SSSR count). The van der Waals surface area contributed by atoms with Crippen molar-refractivity contribution in [2.45, 2.75) is 44.6 Å². The number of carbonyl (C=O) groups is 3. The van der Waals surface area contributed by atoms with E-state index in [1.807, 2.05) is 19.1 Å². The Bertz CT molecular complexity index is 1910. The van der Waals surface area contributed by atoms with Gasteiger partial charge in [-0.05, 0) is 69.7 Å². The van der Waals surface area contributed by atoms with Crippen molar-refractivity contribution in [1.29, 1.82) is 0 Å². The summed E-state index contributed by atoms with van der Waals surface area (Å²) >= 11 is 6.06. The van der Waals surface area contributed by atoms with Crippen LogP contribution in [0.3, 0.4) is 0 Å². The standard InChI is InChI=1S/C33H31ClFN5O5/c1-17-6-7-18-11-20(13-24(27(18)38-17)40-10-4-5-26(40)41)30(42)37-15-33(3,44)25-14-21-29(45-16-32(21,2)31(36)43)28(39-25)19-8-9-23(35)22(34)12-19/h6-9,11-14,44H,4-5,10,15-16H2,1-3H3,(H2,36,43)(H,37,42)/t32-,33-/m0/s1. The molecule has 2 aromatic heterocycles. The number of nitrogens with two attached hydrogens (primary N) is 1. The van der Waals surface area contributed by atoms with Crippen molar-refractivity contribution in [2.75, 3.05) is 24.6 Å². The number of pyridine rings is 2. The molecule has 1 fully saturated rings. The van der Waals surface area contributed by atoms with Crippen molar-refractivity contribution >= 4 is 45.9 Å². The fourth-order valence-electron chi connectivity index (χ4n) is 5.70. The number of nitrogens with one attached hydrogen (secondary N) is 1. The van der Waals surface area contributed by atoms with E-state index in [4.69, 9.17) is 22.1 Å². The lowest BCUT2D eigenvalue weighted by Crippen LogP contribution is -2.41. The molecule has 0 unspecified atom stereocenters. The smallest absolute Gasteiger partial charge is 0.251 e. The molecule has 2 aliphatic heterocycles. The Balaban J connectivity index is 1.35. The van der Waals surface area contributed by atoms with Crippen LogP contribution in [0.15, 0.2) is 48.5 Å². The van der Waals surface area contributed by atoms with E-state index >= 15 is 0 Å². The van der Waals surface area contributed by atoms with Gasteiger partial charge >= 0.3 is 0 Å². The third kappa shape index (κ3) is 5.36. The maximum atomic E-state index is 14.0. The lowest BCUT2D eigenvalue weighted by molar-refractivity contribution is -0.123. The van der Waals surface area contributed by atoms with Crippen LogP contribution < -0.4 is 20.7 Å². The van der Waals surface area contributed by atoms with Gasteiger partial charge < -0.3 is 25.8 Å². The Kier molecular flexibility index (Phi) is 7.49. The minimum atomic E-state index is -1.74. The number of hydrogen-bond acceptors (Lipinski definition) is 7. The first-order chi connectivity index (χ1) is 21.3. The van der Waals surface area contributed by atoms with Crippen molar-refractivity contribution in [3.8, 4) is 17.0 Å². The molecule has 12 heteroatoms. The number of primary amides is 1. The average molecular weight is 632 g/mol. The Morgan fingerprint density at radius 1 is 1.20 bits per heavy atom. The number of nitrogens with zero attached hydrogens (tertiary/aromatic N) is 3. The predicted molar refractivity (Wildman–Crippen MR) is 167 cm³/mol. The first kappa shape index (κ1) is 30.4. The number of anilines is 1. The number of benzene rings is 2. The van der Waals surface area contributed by atoms with Crippen LogP contribution in [0.25, 0.3) is 22.2 Å². The van der Waals surface area contributed by atoms with Gasteiger partial charge in [0.2, 0.25) is 11.8 Å². The number of aliphatic hydroxyl groups is 1. The molecular weight excluding hydrogens is 601 g/mol. The molecule has 10 nitrogen and oxygen atoms in total. The number of ether oxygens (including phenoxy) is 1. The Hall–Kier alpha value is -4.61. The van der Waals surface area contributed by atoms with E-state index in [0.29, 0.717) is 47.1 Å². The molecule has 45 heavy (non-hydrogen) atoms. The number of aromatic nitrogens is 2. The summed E-state index contributed by atoms with van der Waals surface area (Å²) in [6.45, 7) is 5.17. The van der Waals surface area contributed by atoms with Crippen molar-refractivity contribution in [1.82, 2.24) is 15.3 Å². The van der Waals surface area contributed by atoms with E-state index in [-0.39, 0.29) is 46.8 Å². The Morgan fingerprint density at radius 2 is 1.98 bits per heavy atom. The van der Waals surface area contributed by atoms with Crippen LogP contribution in [-0.2, 0) is 20.6 Å². The van der Waals surface area contributed by atoms with Crippen LogP contribution in [0.2, 0.25) is 5.02 Å². The van der Waals surface area contributed by atoms with Gasteiger partial charge in [-0.25, -0.2) is 9.37 Å². The normalized spacial score (nSPS) is 18.9. The highest BCUT2D eigenvalue weighted by Gasteiger charge is 2.45. The molecule has 2 aliphatic rings. The van der Waals surface area contributed by atoms with E-state index < -0.39 is 28.6 Å². The molecule has 4 N–H and O–H groups in total. The molecule has 1 saturated heterocycles. The maximum absolute atomic E-state index is 14.0. The summed E-state index contributed by atoms with van der Waals surface area (Å²) in [7, 11) is 0. The quantitative estimate of drug-likeness (QED) is 0.275. The van der Waals surface area contributed by atoms with Gasteiger partial charge in [0.15, 0.2) is 0 Å². The predicted octanol–water partition coefficient (Wildman–Crippen LogP) is 4.30. The number of rotatable bonds is 7. The molecule has 0 bridgehead atoms. The molecule has 0 spiro atoms. The third-order valence-corrected chi connectivity index (χ3v) is 8.78. The molecule has 0 aliphatic carbocycles. The SMILES string of the molecule is Cc1ccc2cc(C(=O)NC[C@](C)(O)c3cc4c(c(-c5ccc(F)c(Cl)c5)n3)OC[C@]4(C)C(N)=O)cc(N3CCCC3=O)c2n1. The molecule has 2 aromatic carbocycles. The first-order valence-corrected chi connectivity index (χ1v) is 14.8. The summed E-state index contributed by atoms with van der Waals surface area (Å²) in [5.74, 6) is -1.51. The summed E-state index contributed by atoms with van der Waals surface area (Å²) in [6.07, 6.45) is 1.14. The minimum absolute atomic E-state index is 0.0343. The Labute approximate surface area is 263 Å². The highest BCUT2D eigenvalue weighted by atomic mass is 35.5. The summed E-state index contributed by atoms with van der Waals surface area (Å²) in [5, 5.41) is 15.0. The number of aryl methyl sites for hydroxylation is 1. The molecule has 0 radical (unpaired) electrons. The topological polar surface area (TPSA) is 148 Å². The summed E-state index contributed by atoms with van der Waals surface area (Å²) in [6, 6.07) is 12.6. The van der Waals surface area contributed by atoms with Crippen molar-refractivity contribution < 1.29 is 28.6 Å². The lowest BCUT2D eigenvalue weighted by atomic mass is 9.82. The van der Waals surface area contributed by atoms with Gasteiger partial charge in [-0.2, -0.15) is 0 Å². The van der Waals surface area contributed by atoms with Crippen molar-refractivity contribution in [2.24, 2.45) is 5.73 Å². The van der Waals surface area contributed by atoms with Gasteiger partial charge in [0, 0.05) is 40.7 Å². The van der Waals surface area contributed by atoms with Crippen molar-refractivity contribution in [3.63, 3.8) is 0 Å². The highest BCUT2D eigenvalue weighted by molar-refractivity contribution is 6.31. The summed E-state index contributed by atoms with van der Waals surface area (Å²) in [5.41, 5.74) is 6.20. The van der Waals surface area contributed by atoms with E-state index in [1.165, 1.54) is 31.2 Å². The van der Waals surface area contributed by atoms with Crippen LogP contribution in [0.1, 0.15) is 54.0 Å².